The second-order valence-electron chi connectivity index (χ2n) is 8.40. The van der Waals surface area contributed by atoms with Crippen molar-refractivity contribution in [2.24, 2.45) is 5.73 Å². The fraction of sp³-hybridized carbons (Fsp3) is 0.375. The van der Waals surface area contributed by atoms with Gasteiger partial charge in [-0.15, -0.1) is 0 Å². The van der Waals surface area contributed by atoms with E-state index in [1.807, 2.05) is 30.3 Å². The van der Waals surface area contributed by atoms with Crippen LogP contribution in [0, 0.1) is 0 Å². The molecule has 4 aromatic rings. The van der Waals surface area contributed by atoms with Crippen LogP contribution in [0.25, 0.3) is 21.9 Å². The lowest BCUT2D eigenvalue weighted by atomic mass is 10.2. The number of nitrogens with two attached hydrogens (primary N) is 1. The van der Waals surface area contributed by atoms with Gasteiger partial charge in [-0.05, 0) is 55.5 Å². The van der Waals surface area contributed by atoms with Crippen molar-refractivity contribution in [1.29, 1.82) is 0 Å². The Hall–Kier alpha value is -3.26. The predicted octanol–water partition coefficient (Wildman–Crippen LogP) is 3.10. The fourth-order valence-electron chi connectivity index (χ4n) is 4.38. The molecule has 5 rings (SSSR count). The van der Waals surface area contributed by atoms with Gasteiger partial charge in [-0.25, -0.2) is 9.78 Å². The summed E-state index contributed by atoms with van der Waals surface area (Å²) in [5.74, 6) is 0.710. The molecule has 2 aromatic heterocycles. The van der Waals surface area contributed by atoms with E-state index in [0.717, 1.165) is 29.4 Å². The number of hydrogen-bond donors (Lipinski definition) is 1. The monoisotopic (exact) mass is 435 g/mol. The lowest BCUT2D eigenvalue weighted by Crippen LogP contribution is -2.40. The van der Waals surface area contributed by atoms with E-state index in [1.165, 1.54) is 4.57 Å². The number of aryl methyl sites for hydroxylation is 1. The quantitative estimate of drug-likeness (QED) is 0.431. The summed E-state index contributed by atoms with van der Waals surface area (Å²) in [5, 5.41) is 0.532. The summed E-state index contributed by atoms with van der Waals surface area (Å²) in [6.07, 6.45) is 2.83. The molecule has 2 aromatic carbocycles. The first-order chi connectivity index (χ1) is 15.6. The highest BCUT2D eigenvalue weighted by Crippen LogP contribution is 2.32. The molecule has 0 amide bonds. The normalized spacial score (nSPS) is 13.9. The summed E-state index contributed by atoms with van der Waals surface area (Å²) in [7, 11) is 0. The first-order valence-corrected chi connectivity index (χ1v) is 11.1. The molecule has 32 heavy (non-hydrogen) atoms. The first-order valence-electron chi connectivity index (χ1n) is 11.1. The predicted molar refractivity (Wildman–Crippen MR) is 123 cm³/mol. The van der Waals surface area contributed by atoms with Crippen molar-refractivity contribution >= 4 is 21.9 Å². The Kier molecular flexibility index (Phi) is 5.38. The number of para-hydroxylation sites is 1. The number of alkyl halides is 1. The van der Waals surface area contributed by atoms with Crippen molar-refractivity contribution < 1.29 is 4.39 Å². The van der Waals surface area contributed by atoms with Crippen LogP contribution in [-0.2, 0) is 19.6 Å². The van der Waals surface area contributed by atoms with Gasteiger partial charge in [0.05, 0.1) is 35.2 Å². The highest BCUT2D eigenvalue weighted by atomic mass is 19.1. The van der Waals surface area contributed by atoms with E-state index in [2.05, 4.69) is 4.57 Å². The van der Waals surface area contributed by atoms with Crippen molar-refractivity contribution in [3.63, 3.8) is 0 Å². The maximum absolute atomic E-state index is 13.4. The van der Waals surface area contributed by atoms with Crippen molar-refractivity contribution in [3.05, 3.63) is 74.7 Å². The number of aromatic nitrogens is 4. The van der Waals surface area contributed by atoms with Gasteiger partial charge in [0.1, 0.15) is 5.82 Å². The molecule has 2 heterocycles. The average Bonchev–Trinajstić information content (AvgIpc) is 3.58. The number of imidazole rings is 1. The van der Waals surface area contributed by atoms with Gasteiger partial charge < -0.3 is 10.3 Å². The standard InChI is InChI=1S/C24H26FN5O2/c25-11-3-4-12-28-21-10-7-16(14-26)13-19(21)27-22(28)15-29-20-6-2-1-5-18(20)23(31)30(24(29)32)17-8-9-17/h1-2,5-7,10,13,17H,3-4,8-9,11-12,14-15,26H2. The highest BCUT2D eigenvalue weighted by Gasteiger charge is 2.29. The van der Waals surface area contributed by atoms with Crippen LogP contribution in [0.4, 0.5) is 4.39 Å². The molecule has 0 radical (unpaired) electrons. The van der Waals surface area contributed by atoms with Gasteiger partial charge in [0.25, 0.3) is 5.56 Å². The zero-order chi connectivity index (χ0) is 22.2. The first kappa shape index (κ1) is 20.6. The van der Waals surface area contributed by atoms with Gasteiger partial charge in [0.15, 0.2) is 0 Å². The second kappa shape index (κ2) is 8.35. The molecule has 0 spiro atoms. The zero-order valence-electron chi connectivity index (χ0n) is 17.8. The van der Waals surface area contributed by atoms with Crippen LogP contribution in [-0.4, -0.2) is 25.4 Å². The number of unbranched alkanes of at least 4 members (excludes halogenated alkanes) is 1. The Bertz CT molecular complexity index is 1410. The minimum atomic E-state index is -0.365. The Balaban J connectivity index is 1.68. The summed E-state index contributed by atoms with van der Waals surface area (Å²) in [6, 6.07) is 13.1. The van der Waals surface area contributed by atoms with Crippen molar-refractivity contribution in [2.45, 2.75) is 51.4 Å². The van der Waals surface area contributed by atoms with E-state index in [1.54, 1.807) is 16.7 Å². The maximum Gasteiger partial charge on any atom is 0.332 e. The molecule has 1 aliphatic rings. The molecule has 0 aliphatic heterocycles. The molecule has 1 saturated carbocycles. The van der Waals surface area contributed by atoms with Crippen molar-refractivity contribution in [1.82, 2.24) is 18.7 Å². The molecule has 0 atom stereocenters. The van der Waals surface area contributed by atoms with Crippen LogP contribution < -0.4 is 17.0 Å². The van der Waals surface area contributed by atoms with E-state index in [0.29, 0.717) is 42.7 Å². The largest absolute Gasteiger partial charge is 0.332 e. The van der Waals surface area contributed by atoms with Crippen LogP contribution >= 0.6 is 0 Å². The van der Waals surface area contributed by atoms with E-state index >= 15 is 0 Å². The molecule has 0 saturated heterocycles. The molecule has 0 bridgehead atoms. The highest BCUT2D eigenvalue weighted by molar-refractivity contribution is 5.79. The van der Waals surface area contributed by atoms with Crippen LogP contribution in [0.1, 0.15) is 43.1 Å². The number of benzene rings is 2. The van der Waals surface area contributed by atoms with E-state index < -0.39 is 0 Å². The third kappa shape index (κ3) is 3.54. The third-order valence-electron chi connectivity index (χ3n) is 6.19. The Morgan fingerprint density at radius 2 is 1.84 bits per heavy atom. The molecule has 7 nitrogen and oxygen atoms in total. The van der Waals surface area contributed by atoms with Crippen LogP contribution in [0.3, 0.4) is 0 Å². The number of rotatable bonds is 8. The maximum atomic E-state index is 13.4. The molecule has 166 valence electrons. The van der Waals surface area contributed by atoms with Crippen LogP contribution in [0.2, 0.25) is 0 Å². The molecular formula is C24H26FN5O2. The van der Waals surface area contributed by atoms with E-state index in [9.17, 15) is 14.0 Å². The lowest BCUT2D eigenvalue weighted by Gasteiger charge is -2.15. The van der Waals surface area contributed by atoms with E-state index in [-0.39, 0.29) is 30.5 Å². The number of hydrogen-bond acceptors (Lipinski definition) is 4. The van der Waals surface area contributed by atoms with Gasteiger partial charge in [-0.3, -0.25) is 18.3 Å². The van der Waals surface area contributed by atoms with Gasteiger partial charge in [0, 0.05) is 19.1 Å². The van der Waals surface area contributed by atoms with E-state index in [4.69, 9.17) is 10.7 Å². The lowest BCUT2D eigenvalue weighted by molar-refractivity contribution is 0.445. The Labute approximate surface area is 183 Å². The van der Waals surface area contributed by atoms with Gasteiger partial charge in [0.2, 0.25) is 0 Å². The smallest absolute Gasteiger partial charge is 0.326 e. The molecule has 1 fully saturated rings. The molecule has 0 unspecified atom stereocenters. The second-order valence-corrected chi connectivity index (χ2v) is 8.40. The molecule has 2 N–H and O–H groups in total. The van der Waals surface area contributed by atoms with Crippen LogP contribution in [0.15, 0.2) is 52.1 Å². The number of halogens is 1. The average molecular weight is 436 g/mol. The summed E-state index contributed by atoms with van der Waals surface area (Å²) < 4.78 is 17.8. The SMILES string of the molecule is NCc1ccc2c(c1)nc(Cn1c(=O)n(C3CC3)c(=O)c3ccccc31)n2CCCCF. The summed E-state index contributed by atoms with van der Waals surface area (Å²) in [5.41, 5.74) is 8.58. The Morgan fingerprint density at radius 3 is 2.59 bits per heavy atom. The van der Waals surface area contributed by atoms with Crippen molar-refractivity contribution in [3.8, 4) is 0 Å². The van der Waals surface area contributed by atoms with Crippen molar-refractivity contribution in [2.75, 3.05) is 6.67 Å². The number of nitrogens with zero attached hydrogens (tertiary/aromatic N) is 4. The fourth-order valence-corrected chi connectivity index (χ4v) is 4.38. The number of fused-ring (bicyclic) bond motifs is 2. The van der Waals surface area contributed by atoms with Gasteiger partial charge in [-0.2, -0.15) is 0 Å². The minimum Gasteiger partial charge on any atom is -0.326 e. The zero-order valence-corrected chi connectivity index (χ0v) is 17.8. The minimum absolute atomic E-state index is 0.0265. The topological polar surface area (TPSA) is 87.8 Å². The summed E-state index contributed by atoms with van der Waals surface area (Å²) in [4.78, 5) is 31.2. The summed E-state index contributed by atoms with van der Waals surface area (Å²) >= 11 is 0. The molecular weight excluding hydrogens is 409 g/mol. The van der Waals surface area contributed by atoms with Crippen LogP contribution in [0.5, 0.6) is 0 Å². The Morgan fingerprint density at radius 1 is 1.03 bits per heavy atom. The summed E-state index contributed by atoms with van der Waals surface area (Å²) in [6.45, 7) is 0.882. The molecule has 1 aliphatic carbocycles. The van der Waals surface area contributed by atoms with Gasteiger partial charge >= 0.3 is 5.69 Å². The molecule has 8 heteroatoms. The third-order valence-corrected chi connectivity index (χ3v) is 6.19. The van der Waals surface area contributed by atoms with Gasteiger partial charge in [-0.1, -0.05) is 18.2 Å².